The van der Waals surface area contributed by atoms with Gasteiger partial charge in [0.05, 0.1) is 0 Å². The fraction of sp³-hybridized carbons (Fsp3) is 0.250. The number of carbonyl (C=O) groups excluding carboxylic acids is 1. The third-order valence-corrected chi connectivity index (χ3v) is 4.65. The molecule has 3 atom stereocenters. The first-order chi connectivity index (χ1) is 12.2. The number of H-pyrrole nitrogens is 1. The minimum absolute atomic E-state index is 0.0219. The minimum Gasteiger partial charge on any atom is -0.342 e. The van der Waals surface area contributed by atoms with Crippen LogP contribution in [0.1, 0.15) is 41.2 Å². The number of nitrogens with one attached hydrogen (secondary N) is 2. The van der Waals surface area contributed by atoms with Gasteiger partial charge >= 0.3 is 0 Å². The number of rotatable bonds is 5. The zero-order valence-electron chi connectivity index (χ0n) is 14.0. The molecule has 1 aromatic heterocycles. The second-order valence-electron chi connectivity index (χ2n) is 6.49. The summed E-state index contributed by atoms with van der Waals surface area (Å²) in [5.74, 6) is 1.72. The predicted octanol–water partition coefficient (Wildman–Crippen LogP) is 3.12. The molecule has 0 aliphatic heterocycles. The van der Waals surface area contributed by atoms with Gasteiger partial charge in [-0.15, -0.1) is 0 Å². The maximum absolute atomic E-state index is 12.8. The molecular formula is C20H20N4O. The highest BCUT2D eigenvalue weighted by Gasteiger charge is 2.44. The molecule has 126 valence electrons. The van der Waals surface area contributed by atoms with Gasteiger partial charge in [0.25, 0.3) is 0 Å². The second kappa shape index (κ2) is 6.51. The molecule has 2 aromatic carbocycles. The van der Waals surface area contributed by atoms with Gasteiger partial charge in [-0.3, -0.25) is 9.89 Å². The van der Waals surface area contributed by atoms with E-state index in [0.29, 0.717) is 11.7 Å². The van der Waals surface area contributed by atoms with Crippen LogP contribution in [0.2, 0.25) is 0 Å². The highest BCUT2D eigenvalue weighted by molar-refractivity contribution is 5.83. The average molecular weight is 332 g/mol. The molecule has 4 rings (SSSR count). The molecule has 5 nitrogen and oxygen atoms in total. The Kier molecular flexibility index (Phi) is 4.06. The molecule has 0 saturated heterocycles. The van der Waals surface area contributed by atoms with Gasteiger partial charge in [-0.1, -0.05) is 60.7 Å². The van der Waals surface area contributed by atoms with E-state index in [1.54, 1.807) is 0 Å². The van der Waals surface area contributed by atoms with E-state index in [0.717, 1.165) is 17.8 Å². The number of amides is 1. The maximum atomic E-state index is 12.8. The van der Waals surface area contributed by atoms with Crippen molar-refractivity contribution in [3.8, 4) is 0 Å². The first-order valence-electron chi connectivity index (χ1n) is 8.51. The number of nitrogens with zero attached hydrogens (tertiary/aromatic N) is 2. The number of aryl methyl sites for hydroxylation is 1. The highest BCUT2D eigenvalue weighted by Crippen LogP contribution is 2.47. The predicted molar refractivity (Wildman–Crippen MR) is 94.8 cm³/mol. The van der Waals surface area contributed by atoms with Crippen molar-refractivity contribution < 1.29 is 4.79 Å². The summed E-state index contributed by atoms with van der Waals surface area (Å²) in [5, 5.41) is 10.3. The smallest absolute Gasteiger partial charge is 0.224 e. The number of benzene rings is 2. The molecule has 1 fully saturated rings. The van der Waals surface area contributed by atoms with E-state index >= 15 is 0 Å². The van der Waals surface area contributed by atoms with E-state index in [9.17, 15) is 4.79 Å². The first kappa shape index (κ1) is 15.6. The Bertz CT molecular complexity index is 860. The number of carbonyl (C=O) groups is 1. The Balaban J connectivity index is 1.52. The van der Waals surface area contributed by atoms with Gasteiger partial charge in [0, 0.05) is 5.92 Å². The second-order valence-corrected chi connectivity index (χ2v) is 6.49. The van der Waals surface area contributed by atoms with Gasteiger partial charge < -0.3 is 5.32 Å². The third-order valence-electron chi connectivity index (χ3n) is 4.65. The fourth-order valence-electron chi connectivity index (χ4n) is 3.23. The molecule has 1 aliphatic rings. The average Bonchev–Trinajstić information content (AvgIpc) is 3.35. The van der Waals surface area contributed by atoms with E-state index in [2.05, 4.69) is 32.6 Å². The van der Waals surface area contributed by atoms with Crippen molar-refractivity contribution in [3.63, 3.8) is 0 Å². The van der Waals surface area contributed by atoms with Crippen LogP contribution in [0.15, 0.2) is 60.7 Å². The Labute approximate surface area is 146 Å². The van der Waals surface area contributed by atoms with Crippen LogP contribution < -0.4 is 5.32 Å². The number of hydrogen-bond donors (Lipinski definition) is 2. The third kappa shape index (κ3) is 3.31. The van der Waals surface area contributed by atoms with E-state index < -0.39 is 0 Å². The van der Waals surface area contributed by atoms with Gasteiger partial charge in [0.2, 0.25) is 5.91 Å². The molecule has 5 heteroatoms. The summed E-state index contributed by atoms with van der Waals surface area (Å²) in [6.45, 7) is 1.85. The van der Waals surface area contributed by atoms with Crippen LogP contribution in [-0.4, -0.2) is 21.1 Å². The van der Waals surface area contributed by atoms with Crippen molar-refractivity contribution in [1.82, 2.24) is 20.5 Å². The summed E-state index contributed by atoms with van der Waals surface area (Å²) >= 11 is 0. The van der Waals surface area contributed by atoms with Crippen molar-refractivity contribution >= 4 is 5.91 Å². The summed E-state index contributed by atoms with van der Waals surface area (Å²) in [6.07, 6.45) is 0.893. The van der Waals surface area contributed by atoms with Gasteiger partial charge in [-0.2, -0.15) is 5.10 Å². The van der Waals surface area contributed by atoms with E-state index in [1.807, 2.05) is 55.5 Å². The number of aromatic nitrogens is 3. The molecule has 1 amide bonds. The van der Waals surface area contributed by atoms with Gasteiger partial charge in [-0.05, 0) is 30.4 Å². The lowest BCUT2D eigenvalue weighted by Crippen LogP contribution is -2.31. The quantitative estimate of drug-likeness (QED) is 0.754. The number of aromatic amines is 1. The van der Waals surface area contributed by atoms with Gasteiger partial charge in [0.1, 0.15) is 11.9 Å². The molecule has 3 aromatic rings. The van der Waals surface area contributed by atoms with Gasteiger partial charge in [0.15, 0.2) is 5.82 Å². The Hall–Kier alpha value is -2.95. The lowest BCUT2D eigenvalue weighted by atomic mass is 10.1. The van der Waals surface area contributed by atoms with E-state index in [1.165, 1.54) is 5.56 Å². The van der Waals surface area contributed by atoms with Crippen LogP contribution in [-0.2, 0) is 4.79 Å². The molecule has 1 heterocycles. The van der Waals surface area contributed by atoms with Crippen molar-refractivity contribution in [3.05, 3.63) is 83.4 Å². The molecule has 2 N–H and O–H groups in total. The summed E-state index contributed by atoms with van der Waals surface area (Å²) in [7, 11) is 0. The van der Waals surface area contributed by atoms with Crippen LogP contribution >= 0.6 is 0 Å². The monoisotopic (exact) mass is 332 g/mol. The molecule has 0 unspecified atom stereocenters. The van der Waals surface area contributed by atoms with Crippen LogP contribution in [0.5, 0.6) is 0 Å². The summed E-state index contributed by atoms with van der Waals surface area (Å²) in [6, 6.07) is 19.7. The molecule has 1 aliphatic carbocycles. The topological polar surface area (TPSA) is 70.7 Å². The lowest BCUT2D eigenvalue weighted by molar-refractivity contribution is -0.123. The number of hydrogen-bond acceptors (Lipinski definition) is 3. The van der Waals surface area contributed by atoms with Crippen LogP contribution in [0, 0.1) is 12.8 Å². The van der Waals surface area contributed by atoms with Crippen molar-refractivity contribution in [2.45, 2.75) is 25.3 Å². The van der Waals surface area contributed by atoms with Crippen molar-refractivity contribution in [1.29, 1.82) is 0 Å². The van der Waals surface area contributed by atoms with Crippen molar-refractivity contribution in [2.75, 3.05) is 0 Å². The standard InChI is InChI=1S/C20H20N4O/c1-13-21-19(24-23-13)18(15-10-6-3-7-11-15)22-20(25)17-12-16(17)14-8-4-2-5-9-14/h2-11,16-18H,12H2,1H3,(H,22,25)(H,21,23,24)/t16-,17-,18+/m0/s1. The zero-order valence-corrected chi connectivity index (χ0v) is 14.0. The highest BCUT2D eigenvalue weighted by atomic mass is 16.2. The molecule has 25 heavy (non-hydrogen) atoms. The van der Waals surface area contributed by atoms with Crippen LogP contribution in [0.4, 0.5) is 0 Å². The molecule has 0 bridgehead atoms. The van der Waals surface area contributed by atoms with Crippen LogP contribution in [0.3, 0.4) is 0 Å². The van der Waals surface area contributed by atoms with E-state index in [4.69, 9.17) is 0 Å². The molecule has 1 saturated carbocycles. The summed E-state index contributed by atoms with van der Waals surface area (Å²) < 4.78 is 0. The molecule has 0 radical (unpaired) electrons. The fourth-order valence-corrected chi connectivity index (χ4v) is 3.23. The molecule has 0 spiro atoms. The Morgan fingerprint density at radius 2 is 1.80 bits per heavy atom. The Morgan fingerprint density at radius 3 is 2.44 bits per heavy atom. The minimum atomic E-state index is -0.337. The lowest BCUT2D eigenvalue weighted by Gasteiger charge is -2.16. The summed E-state index contributed by atoms with van der Waals surface area (Å²) in [5.41, 5.74) is 2.21. The van der Waals surface area contributed by atoms with Gasteiger partial charge in [-0.25, -0.2) is 4.98 Å². The van der Waals surface area contributed by atoms with Crippen molar-refractivity contribution in [2.24, 2.45) is 5.92 Å². The molecular weight excluding hydrogens is 312 g/mol. The van der Waals surface area contributed by atoms with Crippen LogP contribution in [0.25, 0.3) is 0 Å². The Morgan fingerprint density at radius 1 is 1.12 bits per heavy atom. The van der Waals surface area contributed by atoms with E-state index in [-0.39, 0.29) is 17.9 Å². The normalized spacial score (nSPS) is 20.0. The zero-order chi connectivity index (χ0) is 17.2. The maximum Gasteiger partial charge on any atom is 0.224 e. The SMILES string of the molecule is Cc1nc([C@H](NC(=O)[C@H]2C[C@H]2c2ccccc2)c2ccccc2)n[nH]1. The first-order valence-corrected chi connectivity index (χ1v) is 8.51. The summed E-state index contributed by atoms with van der Waals surface area (Å²) in [4.78, 5) is 17.2. The largest absolute Gasteiger partial charge is 0.342 e.